The van der Waals surface area contributed by atoms with Gasteiger partial charge in [0.25, 0.3) is 11.1 Å². The number of thioether (sulfide) groups is 1. The first-order valence-electron chi connectivity index (χ1n) is 8.90. The van der Waals surface area contributed by atoms with Crippen LogP contribution in [0.25, 0.3) is 6.08 Å². The molecular weight excluding hydrogens is 364 g/mol. The topological polar surface area (TPSA) is 59.1 Å². The van der Waals surface area contributed by atoms with E-state index in [1.165, 1.54) is 4.90 Å². The number of nitrogens with zero attached hydrogens (tertiary/aromatic N) is 2. The van der Waals surface area contributed by atoms with Crippen LogP contribution in [0.15, 0.2) is 29.7 Å². The van der Waals surface area contributed by atoms with Crippen LogP contribution >= 0.6 is 11.8 Å². The molecule has 6 nitrogen and oxygen atoms in total. The zero-order chi connectivity index (χ0) is 19.6. The molecule has 2 amide bonds. The number of imide groups is 1. The molecule has 2 saturated heterocycles. The van der Waals surface area contributed by atoms with Gasteiger partial charge in [0.2, 0.25) is 0 Å². The molecule has 1 unspecified atom stereocenters. The highest BCUT2D eigenvalue weighted by Crippen LogP contribution is 2.40. The van der Waals surface area contributed by atoms with Gasteiger partial charge in [-0.15, -0.1) is 6.58 Å². The third-order valence-corrected chi connectivity index (χ3v) is 5.72. The molecule has 2 aliphatic rings. The minimum absolute atomic E-state index is 0.293. The van der Waals surface area contributed by atoms with Gasteiger partial charge in [0.15, 0.2) is 0 Å². The van der Waals surface area contributed by atoms with E-state index in [9.17, 15) is 9.59 Å². The number of methoxy groups -OCH3 is 2. The summed E-state index contributed by atoms with van der Waals surface area (Å²) in [5.74, 6) is 1.05. The van der Waals surface area contributed by atoms with Gasteiger partial charge in [0, 0.05) is 24.7 Å². The second kappa shape index (κ2) is 8.08. The molecule has 1 atom stereocenters. The molecule has 0 radical (unpaired) electrons. The van der Waals surface area contributed by atoms with Crippen molar-refractivity contribution in [3.8, 4) is 11.5 Å². The molecule has 0 aromatic heterocycles. The minimum Gasteiger partial charge on any atom is -0.496 e. The van der Waals surface area contributed by atoms with Gasteiger partial charge >= 0.3 is 0 Å². The van der Waals surface area contributed by atoms with Crippen molar-refractivity contribution >= 4 is 34.7 Å². The molecule has 0 bridgehead atoms. The molecule has 0 aliphatic carbocycles. The normalized spacial score (nSPS) is 19.7. The van der Waals surface area contributed by atoms with Crippen LogP contribution in [0.5, 0.6) is 11.5 Å². The molecule has 2 aliphatic heterocycles. The summed E-state index contributed by atoms with van der Waals surface area (Å²) in [7, 11) is 3.23. The Balaban J connectivity index is 1.99. The number of anilines is 1. The maximum Gasteiger partial charge on any atom is 0.294 e. The summed E-state index contributed by atoms with van der Waals surface area (Å²) in [5.41, 5.74) is 1.69. The molecule has 3 rings (SSSR count). The van der Waals surface area contributed by atoms with Crippen LogP contribution in [-0.4, -0.2) is 49.4 Å². The Morgan fingerprint density at radius 1 is 1.15 bits per heavy atom. The van der Waals surface area contributed by atoms with E-state index < -0.39 is 0 Å². The maximum absolute atomic E-state index is 12.6. The summed E-state index contributed by atoms with van der Waals surface area (Å²) in [6, 6.07) is 3.45. The van der Waals surface area contributed by atoms with Crippen LogP contribution < -0.4 is 14.4 Å². The van der Waals surface area contributed by atoms with Gasteiger partial charge in [-0.1, -0.05) is 6.08 Å². The number of hydrogen-bond donors (Lipinski definition) is 0. The van der Waals surface area contributed by atoms with Gasteiger partial charge < -0.3 is 14.4 Å². The van der Waals surface area contributed by atoms with Crippen molar-refractivity contribution < 1.29 is 19.1 Å². The average molecular weight is 388 g/mol. The van der Waals surface area contributed by atoms with Crippen LogP contribution in [0.3, 0.4) is 0 Å². The van der Waals surface area contributed by atoms with Crippen LogP contribution in [-0.2, 0) is 4.79 Å². The van der Waals surface area contributed by atoms with Crippen molar-refractivity contribution in [3.05, 3.63) is 35.3 Å². The molecule has 7 heteroatoms. The standard InChI is InChI=1S/C20H24N2O4S/c1-5-13(2)22-19(23)18(27-20(22)24)11-14-10-17(26-4)15(12-16(14)25-3)21-8-6-7-9-21/h5,10-13H,1,6-9H2,2-4H3/b18-11+. The molecule has 0 saturated carbocycles. The number of carbonyl (C=O) groups excluding carboxylic acids is 2. The Labute approximate surface area is 163 Å². The summed E-state index contributed by atoms with van der Waals surface area (Å²) < 4.78 is 11.1. The lowest BCUT2D eigenvalue weighted by Gasteiger charge is -2.22. The third-order valence-electron chi connectivity index (χ3n) is 4.84. The quantitative estimate of drug-likeness (QED) is 0.544. The van der Waals surface area contributed by atoms with Crippen molar-refractivity contribution in [2.45, 2.75) is 25.8 Å². The summed E-state index contributed by atoms with van der Waals surface area (Å²) in [6.07, 6.45) is 5.58. The molecule has 1 aromatic rings. The molecule has 0 N–H and O–H groups in total. The summed E-state index contributed by atoms with van der Waals surface area (Å²) in [6.45, 7) is 7.40. The first kappa shape index (κ1) is 19.4. The number of rotatable bonds is 6. The first-order valence-corrected chi connectivity index (χ1v) is 9.72. The molecule has 2 fully saturated rings. The van der Waals surface area contributed by atoms with Crippen LogP contribution in [0.4, 0.5) is 10.5 Å². The number of ether oxygens (including phenoxy) is 2. The van der Waals surface area contributed by atoms with Crippen LogP contribution in [0.2, 0.25) is 0 Å². The predicted octanol–water partition coefficient (Wildman–Crippen LogP) is 3.91. The lowest BCUT2D eigenvalue weighted by atomic mass is 10.1. The third kappa shape index (κ3) is 3.69. The monoisotopic (exact) mass is 388 g/mol. The van der Waals surface area contributed by atoms with Crippen molar-refractivity contribution in [1.29, 1.82) is 0 Å². The second-order valence-electron chi connectivity index (χ2n) is 6.49. The highest BCUT2D eigenvalue weighted by atomic mass is 32.2. The smallest absolute Gasteiger partial charge is 0.294 e. The predicted molar refractivity (Wildman–Crippen MR) is 108 cm³/mol. The zero-order valence-corrected chi connectivity index (χ0v) is 16.7. The van der Waals surface area contributed by atoms with Gasteiger partial charge in [-0.25, -0.2) is 0 Å². The number of benzene rings is 1. The summed E-state index contributed by atoms with van der Waals surface area (Å²) >= 11 is 0.926. The van der Waals surface area contributed by atoms with E-state index in [-0.39, 0.29) is 17.2 Å². The lowest BCUT2D eigenvalue weighted by molar-refractivity contribution is -0.123. The summed E-state index contributed by atoms with van der Waals surface area (Å²) in [4.78, 5) is 28.7. The Morgan fingerprint density at radius 2 is 1.81 bits per heavy atom. The van der Waals surface area contributed by atoms with Crippen molar-refractivity contribution in [2.24, 2.45) is 0 Å². The van der Waals surface area contributed by atoms with E-state index >= 15 is 0 Å². The fourth-order valence-corrected chi connectivity index (χ4v) is 4.21. The Bertz CT molecular complexity index is 799. The number of amides is 2. The van der Waals surface area contributed by atoms with Gasteiger partial charge in [0.1, 0.15) is 11.5 Å². The fourth-order valence-electron chi connectivity index (χ4n) is 3.30. The summed E-state index contributed by atoms with van der Waals surface area (Å²) in [5, 5.41) is -0.293. The molecule has 144 valence electrons. The maximum atomic E-state index is 12.6. The zero-order valence-electron chi connectivity index (χ0n) is 15.9. The number of carbonyl (C=O) groups is 2. The average Bonchev–Trinajstić information content (AvgIpc) is 3.29. The van der Waals surface area contributed by atoms with Gasteiger partial charge in [0.05, 0.1) is 30.9 Å². The Kier molecular flexibility index (Phi) is 5.79. The highest BCUT2D eigenvalue weighted by molar-refractivity contribution is 8.18. The lowest BCUT2D eigenvalue weighted by Crippen LogP contribution is -2.35. The van der Waals surface area contributed by atoms with Crippen LogP contribution in [0.1, 0.15) is 25.3 Å². The van der Waals surface area contributed by atoms with E-state index in [0.29, 0.717) is 16.2 Å². The molecule has 2 heterocycles. The van der Waals surface area contributed by atoms with Crippen molar-refractivity contribution in [3.63, 3.8) is 0 Å². The Morgan fingerprint density at radius 3 is 2.41 bits per heavy atom. The SMILES string of the molecule is C=CC(C)N1C(=O)S/C(=C/c2cc(OC)c(N3CCCC3)cc2OC)C1=O. The van der Waals surface area contributed by atoms with Gasteiger partial charge in [-0.3, -0.25) is 14.5 Å². The van der Waals surface area contributed by atoms with Crippen molar-refractivity contribution in [2.75, 3.05) is 32.2 Å². The van der Waals surface area contributed by atoms with Gasteiger partial charge in [-0.2, -0.15) is 0 Å². The Hall–Kier alpha value is -2.41. The largest absolute Gasteiger partial charge is 0.496 e. The molecule has 0 spiro atoms. The van der Waals surface area contributed by atoms with E-state index in [0.717, 1.165) is 49.1 Å². The van der Waals surface area contributed by atoms with E-state index in [1.807, 2.05) is 12.1 Å². The fraction of sp³-hybridized carbons (Fsp3) is 0.400. The molecule has 1 aromatic carbocycles. The van der Waals surface area contributed by atoms with Crippen molar-refractivity contribution in [1.82, 2.24) is 4.90 Å². The van der Waals surface area contributed by atoms with E-state index in [4.69, 9.17) is 9.47 Å². The number of hydrogen-bond acceptors (Lipinski definition) is 6. The van der Waals surface area contributed by atoms with Gasteiger partial charge in [-0.05, 0) is 43.7 Å². The van der Waals surface area contributed by atoms with E-state index in [1.54, 1.807) is 33.3 Å². The highest BCUT2D eigenvalue weighted by Gasteiger charge is 2.37. The van der Waals surface area contributed by atoms with E-state index in [2.05, 4.69) is 11.5 Å². The molecule has 27 heavy (non-hydrogen) atoms. The van der Waals surface area contributed by atoms with Crippen LogP contribution in [0, 0.1) is 0 Å². The first-order chi connectivity index (χ1) is 13.0. The minimum atomic E-state index is -0.350. The molecular formula is C20H24N2O4S. The second-order valence-corrected chi connectivity index (χ2v) is 7.48.